The zero-order valence-electron chi connectivity index (χ0n) is 23.7. The first-order valence-corrected chi connectivity index (χ1v) is 16.1. The van der Waals surface area contributed by atoms with Crippen molar-refractivity contribution in [3.05, 3.63) is 70.3 Å². The molecular formula is C33H39N2O4S-. The summed E-state index contributed by atoms with van der Waals surface area (Å²) >= 11 is 0. The van der Waals surface area contributed by atoms with Crippen molar-refractivity contribution in [3.8, 4) is 5.75 Å². The molecule has 1 amide bonds. The average molecular weight is 560 g/mol. The molecule has 2 heterocycles. The van der Waals surface area contributed by atoms with Gasteiger partial charge in [0, 0.05) is 31.2 Å². The van der Waals surface area contributed by atoms with E-state index in [0.717, 1.165) is 63.1 Å². The summed E-state index contributed by atoms with van der Waals surface area (Å²) in [5.41, 5.74) is 6.73. The SMILES string of the molecule is CO[C@H]1C2=CC[C@H]2[C@@H](C)[S-](=O)=NC(=O)c2ccc3c(c2)N(C[C@@H]2CC[C@H]21)C[C@@]1(CCCc2cc(C)ccc21)CO3. The van der Waals surface area contributed by atoms with Crippen molar-refractivity contribution in [1.82, 2.24) is 0 Å². The number of carbonyl (C=O) groups excluding carboxylic acids is 1. The smallest absolute Gasteiger partial charge is 0.254 e. The van der Waals surface area contributed by atoms with E-state index in [1.165, 1.54) is 22.3 Å². The van der Waals surface area contributed by atoms with Crippen molar-refractivity contribution < 1.29 is 18.5 Å². The van der Waals surface area contributed by atoms with Gasteiger partial charge < -0.3 is 22.9 Å². The Balaban J connectivity index is 1.34. The largest absolute Gasteiger partial charge is 0.490 e. The second-order valence-corrected chi connectivity index (χ2v) is 14.2. The maximum Gasteiger partial charge on any atom is 0.254 e. The van der Waals surface area contributed by atoms with E-state index < -0.39 is 16.5 Å². The van der Waals surface area contributed by atoms with Crippen LogP contribution >= 0.6 is 0 Å². The highest BCUT2D eigenvalue weighted by Gasteiger charge is 2.46. The van der Waals surface area contributed by atoms with Gasteiger partial charge in [-0.15, -0.1) is 0 Å². The number of ether oxygens (including phenoxy) is 2. The van der Waals surface area contributed by atoms with E-state index in [4.69, 9.17) is 9.47 Å². The van der Waals surface area contributed by atoms with Crippen LogP contribution in [0.2, 0.25) is 0 Å². The molecule has 6 nitrogen and oxygen atoms in total. The molecule has 2 aromatic rings. The number of fused-ring (bicyclic) bond motifs is 5. The van der Waals surface area contributed by atoms with Gasteiger partial charge in [0.1, 0.15) is 5.75 Å². The Kier molecular flexibility index (Phi) is 6.58. The Morgan fingerprint density at radius 2 is 2.05 bits per heavy atom. The molecule has 0 unspecified atom stereocenters. The minimum Gasteiger partial charge on any atom is -0.490 e. The lowest BCUT2D eigenvalue weighted by Crippen LogP contribution is -2.51. The molecule has 7 heteroatoms. The molecular weight excluding hydrogens is 520 g/mol. The number of methoxy groups -OCH3 is 1. The van der Waals surface area contributed by atoms with Gasteiger partial charge in [-0.2, -0.15) is 10.6 Å². The number of allylic oxidation sites excluding steroid dienone is 1. The Labute approximate surface area is 239 Å². The predicted molar refractivity (Wildman–Crippen MR) is 157 cm³/mol. The number of hydrogen-bond donors (Lipinski definition) is 0. The number of nitrogens with zero attached hydrogens (tertiary/aromatic N) is 2. The molecule has 1 fully saturated rings. The van der Waals surface area contributed by atoms with Gasteiger partial charge in [0.15, 0.2) is 0 Å². The minimum atomic E-state index is -1.61. The third-order valence-electron chi connectivity index (χ3n) is 10.5. The van der Waals surface area contributed by atoms with Gasteiger partial charge in [-0.3, -0.25) is 4.79 Å². The molecule has 0 saturated heterocycles. The lowest BCUT2D eigenvalue weighted by Gasteiger charge is -2.49. The fourth-order valence-corrected chi connectivity index (χ4v) is 8.99. The van der Waals surface area contributed by atoms with Crippen LogP contribution in [0.1, 0.15) is 66.1 Å². The molecule has 7 rings (SSSR count). The van der Waals surface area contributed by atoms with Gasteiger partial charge >= 0.3 is 0 Å². The maximum atomic E-state index is 13.3. The fraction of sp³-hybridized carbons (Fsp3) is 0.545. The molecule has 2 aromatic carbocycles. The third kappa shape index (κ3) is 4.23. The first kappa shape index (κ1) is 26.3. The van der Waals surface area contributed by atoms with Gasteiger partial charge in [0.2, 0.25) is 0 Å². The van der Waals surface area contributed by atoms with Crippen molar-refractivity contribution in [2.24, 2.45) is 22.1 Å². The van der Waals surface area contributed by atoms with Crippen LogP contribution in [-0.2, 0) is 31.4 Å². The number of amides is 1. The van der Waals surface area contributed by atoms with E-state index in [2.05, 4.69) is 40.5 Å². The van der Waals surface area contributed by atoms with Crippen molar-refractivity contribution in [1.29, 1.82) is 0 Å². The van der Waals surface area contributed by atoms with E-state index >= 15 is 0 Å². The van der Waals surface area contributed by atoms with E-state index in [-0.39, 0.29) is 22.7 Å². The summed E-state index contributed by atoms with van der Waals surface area (Å²) in [7, 11) is 0.197. The van der Waals surface area contributed by atoms with Crippen molar-refractivity contribution in [3.63, 3.8) is 0 Å². The lowest BCUT2D eigenvalue weighted by atomic mass is 9.64. The molecule has 1 saturated carbocycles. The molecule has 5 aliphatic rings. The topological polar surface area (TPSA) is 68.2 Å². The highest BCUT2D eigenvalue weighted by atomic mass is 32.2. The normalized spacial score (nSPS) is 33.5. The molecule has 0 radical (unpaired) electrons. The van der Waals surface area contributed by atoms with E-state index in [1.54, 1.807) is 6.07 Å². The quantitative estimate of drug-likeness (QED) is 0.310. The van der Waals surface area contributed by atoms with Gasteiger partial charge in [-0.25, -0.2) is 0 Å². The van der Waals surface area contributed by atoms with Crippen LogP contribution in [0.4, 0.5) is 5.69 Å². The second-order valence-electron chi connectivity index (χ2n) is 12.7. The third-order valence-corrected chi connectivity index (χ3v) is 11.8. The summed E-state index contributed by atoms with van der Waals surface area (Å²) in [6.07, 6.45) is 8.78. The summed E-state index contributed by atoms with van der Waals surface area (Å²) in [5, 5.41) is -0.224. The Morgan fingerprint density at radius 3 is 2.80 bits per heavy atom. The number of carbonyl (C=O) groups is 1. The van der Waals surface area contributed by atoms with Crippen LogP contribution in [0.15, 0.2) is 52.4 Å². The van der Waals surface area contributed by atoms with Crippen LogP contribution in [0, 0.1) is 24.7 Å². The first-order valence-electron chi connectivity index (χ1n) is 14.9. The van der Waals surface area contributed by atoms with Crippen molar-refractivity contribution >= 4 is 22.2 Å². The first-order chi connectivity index (χ1) is 19.4. The van der Waals surface area contributed by atoms with Crippen LogP contribution in [0.25, 0.3) is 0 Å². The van der Waals surface area contributed by atoms with Crippen LogP contribution in [0.5, 0.6) is 5.75 Å². The van der Waals surface area contributed by atoms with E-state index in [9.17, 15) is 9.00 Å². The highest BCUT2D eigenvalue weighted by molar-refractivity contribution is 7.75. The molecule has 212 valence electrons. The van der Waals surface area contributed by atoms with Crippen LogP contribution in [-0.4, -0.2) is 44.1 Å². The van der Waals surface area contributed by atoms with Gasteiger partial charge in [-0.05, 0) is 98.1 Å². The van der Waals surface area contributed by atoms with E-state index in [0.29, 0.717) is 24.0 Å². The number of aryl methyl sites for hydroxylation is 2. The maximum absolute atomic E-state index is 13.3. The minimum absolute atomic E-state index is 0.0250. The number of benzene rings is 2. The number of rotatable bonds is 1. The highest BCUT2D eigenvalue weighted by Crippen LogP contribution is 2.49. The molecule has 1 spiro atoms. The molecule has 3 aliphatic carbocycles. The average Bonchev–Trinajstić information content (AvgIpc) is 3.06. The molecule has 0 N–H and O–H groups in total. The standard InChI is InChI=1S/C33H39N2O4S/c1-20-6-12-28-22(15-20)5-4-14-33(28)18-35-17-24-7-9-26(24)31(38-3)27-11-10-25(27)21(2)40(37)34-32(36)23-8-13-30(39-19-33)29(35)16-23/h6,8,11-13,15-16,21,24-26,31H,4-5,7,9-10,14,17-19H2,1-3H3/q-1/t21-,24+,25+,26-,31-,33+/m1/s1. The van der Waals surface area contributed by atoms with Gasteiger partial charge in [-0.1, -0.05) is 42.0 Å². The van der Waals surface area contributed by atoms with E-state index in [1.807, 2.05) is 26.2 Å². The molecule has 40 heavy (non-hydrogen) atoms. The Hall–Kier alpha value is -2.64. The second kappa shape index (κ2) is 10.0. The lowest BCUT2D eigenvalue weighted by molar-refractivity contribution is -0.00239. The summed E-state index contributed by atoms with van der Waals surface area (Å²) in [4.78, 5) is 15.8. The Bertz CT molecular complexity index is 1480. The van der Waals surface area contributed by atoms with Crippen molar-refractivity contribution in [2.45, 2.75) is 69.1 Å². The van der Waals surface area contributed by atoms with Gasteiger partial charge in [0.25, 0.3) is 5.91 Å². The molecule has 2 bridgehead atoms. The molecule has 2 aliphatic heterocycles. The van der Waals surface area contributed by atoms with Crippen molar-refractivity contribution in [2.75, 3.05) is 31.7 Å². The number of anilines is 1. The fourth-order valence-electron chi connectivity index (χ4n) is 8.01. The predicted octanol–water partition coefficient (Wildman–Crippen LogP) is 6.15. The monoisotopic (exact) mass is 559 g/mol. The summed E-state index contributed by atoms with van der Waals surface area (Å²) in [6.45, 7) is 6.49. The van der Waals surface area contributed by atoms with Crippen LogP contribution < -0.4 is 9.64 Å². The molecule has 0 aromatic heterocycles. The zero-order valence-corrected chi connectivity index (χ0v) is 24.5. The number of hydrogen-bond acceptors (Lipinski definition) is 6. The summed E-state index contributed by atoms with van der Waals surface area (Å²) in [6, 6.07) is 12.6. The summed E-state index contributed by atoms with van der Waals surface area (Å²) < 4.78 is 30.2. The Morgan fingerprint density at radius 1 is 1.18 bits per heavy atom. The zero-order chi connectivity index (χ0) is 27.6. The molecule has 6 atom stereocenters. The van der Waals surface area contributed by atoms with Crippen LogP contribution in [0.3, 0.4) is 0 Å². The van der Waals surface area contributed by atoms with Gasteiger partial charge in [0.05, 0.1) is 18.4 Å². The summed E-state index contributed by atoms with van der Waals surface area (Å²) in [5.74, 6) is 1.44.